The summed E-state index contributed by atoms with van der Waals surface area (Å²) in [6, 6.07) is 0. The summed E-state index contributed by atoms with van der Waals surface area (Å²) in [6.07, 6.45) is 0.817. The lowest BCUT2D eigenvalue weighted by Gasteiger charge is -1.97. The maximum atomic E-state index is 4.82. The predicted molar refractivity (Wildman–Crippen MR) is 65.4 cm³/mol. The fourth-order valence-electron chi connectivity index (χ4n) is 1.11. The van der Waals surface area contributed by atoms with Crippen molar-refractivity contribution in [2.45, 2.75) is 40.0 Å². The third kappa shape index (κ3) is 4.34. The lowest BCUT2D eigenvalue weighted by atomic mass is 10.1. The molecule has 0 aromatic carbocycles. The standard InChI is InChI=1S/C7H11NO.C4H8N4/c1-5(2)7-4-6(3)9-8-7;1-3(2)4-5-7-8-6-4/h5H,3-4H2,1-2H3;3H,1-2H3,(H,5,6,7,8). The average molecular weight is 237 g/mol. The molecule has 94 valence electrons. The molecular formula is C11H19N5O. The molecule has 6 heteroatoms. The number of hydrogen-bond acceptors (Lipinski definition) is 5. The highest BCUT2D eigenvalue weighted by atomic mass is 16.6. The van der Waals surface area contributed by atoms with E-state index < -0.39 is 0 Å². The van der Waals surface area contributed by atoms with E-state index >= 15 is 0 Å². The number of rotatable bonds is 2. The van der Waals surface area contributed by atoms with Crippen molar-refractivity contribution in [1.29, 1.82) is 0 Å². The van der Waals surface area contributed by atoms with Gasteiger partial charge in [-0.1, -0.05) is 44.6 Å². The summed E-state index contributed by atoms with van der Waals surface area (Å²) < 4.78 is 0. The Bertz CT molecular complexity index is 381. The van der Waals surface area contributed by atoms with Crippen LogP contribution in [0.4, 0.5) is 0 Å². The Morgan fingerprint density at radius 3 is 2.18 bits per heavy atom. The van der Waals surface area contributed by atoms with Crippen LogP contribution in [0, 0.1) is 5.92 Å². The maximum absolute atomic E-state index is 4.82. The van der Waals surface area contributed by atoms with Gasteiger partial charge in [-0.05, 0) is 5.92 Å². The van der Waals surface area contributed by atoms with E-state index in [1.165, 1.54) is 0 Å². The molecule has 0 amide bonds. The fourth-order valence-corrected chi connectivity index (χ4v) is 1.11. The van der Waals surface area contributed by atoms with E-state index in [0.29, 0.717) is 11.8 Å². The zero-order valence-electron chi connectivity index (χ0n) is 10.8. The molecule has 17 heavy (non-hydrogen) atoms. The molecule has 2 rings (SSSR count). The van der Waals surface area contributed by atoms with Crippen molar-refractivity contribution < 1.29 is 4.84 Å². The monoisotopic (exact) mass is 237 g/mol. The zero-order valence-corrected chi connectivity index (χ0v) is 10.8. The van der Waals surface area contributed by atoms with Crippen molar-refractivity contribution >= 4 is 5.71 Å². The molecule has 0 unspecified atom stereocenters. The van der Waals surface area contributed by atoms with Gasteiger partial charge in [0.1, 0.15) is 5.76 Å². The van der Waals surface area contributed by atoms with E-state index in [4.69, 9.17) is 4.84 Å². The van der Waals surface area contributed by atoms with Gasteiger partial charge in [0.25, 0.3) is 0 Å². The Balaban J connectivity index is 0.000000171. The minimum Gasteiger partial charge on any atom is -0.362 e. The highest BCUT2D eigenvalue weighted by Gasteiger charge is 2.14. The van der Waals surface area contributed by atoms with E-state index in [9.17, 15) is 0 Å². The van der Waals surface area contributed by atoms with Gasteiger partial charge in [-0.25, -0.2) is 0 Å². The van der Waals surface area contributed by atoms with Crippen molar-refractivity contribution in [3.05, 3.63) is 18.2 Å². The Kier molecular flexibility index (Phi) is 4.81. The number of hydrogen-bond donors (Lipinski definition) is 1. The summed E-state index contributed by atoms with van der Waals surface area (Å²) >= 11 is 0. The van der Waals surface area contributed by atoms with Crippen LogP contribution in [0.5, 0.6) is 0 Å². The van der Waals surface area contributed by atoms with Crippen molar-refractivity contribution in [3.63, 3.8) is 0 Å². The minimum atomic E-state index is 0.369. The number of H-pyrrole nitrogens is 1. The van der Waals surface area contributed by atoms with Gasteiger partial charge in [-0.3, -0.25) is 0 Å². The largest absolute Gasteiger partial charge is 0.362 e. The topological polar surface area (TPSA) is 76.1 Å². The molecule has 6 nitrogen and oxygen atoms in total. The number of tetrazole rings is 1. The number of nitrogens with zero attached hydrogens (tertiary/aromatic N) is 4. The molecule has 0 bridgehead atoms. The van der Waals surface area contributed by atoms with Crippen LogP contribution in [-0.2, 0) is 4.84 Å². The van der Waals surface area contributed by atoms with Crippen LogP contribution in [0.1, 0.15) is 45.9 Å². The molecule has 0 atom stereocenters. The molecular weight excluding hydrogens is 218 g/mol. The van der Waals surface area contributed by atoms with Gasteiger partial charge in [-0.15, -0.1) is 10.2 Å². The van der Waals surface area contributed by atoms with Crippen LogP contribution < -0.4 is 0 Å². The number of nitrogens with one attached hydrogen (secondary N) is 1. The van der Waals surface area contributed by atoms with Crippen LogP contribution in [0.25, 0.3) is 0 Å². The number of allylic oxidation sites excluding steroid dienone is 1. The smallest absolute Gasteiger partial charge is 0.177 e. The molecule has 0 radical (unpaired) electrons. The van der Waals surface area contributed by atoms with Crippen molar-refractivity contribution in [3.8, 4) is 0 Å². The van der Waals surface area contributed by atoms with Gasteiger partial charge in [0, 0.05) is 12.3 Å². The van der Waals surface area contributed by atoms with Crippen molar-refractivity contribution in [2.75, 3.05) is 0 Å². The third-order valence-corrected chi connectivity index (χ3v) is 2.21. The van der Waals surface area contributed by atoms with E-state index in [-0.39, 0.29) is 0 Å². The molecule has 1 aromatic rings. The van der Waals surface area contributed by atoms with Gasteiger partial charge in [0.05, 0.1) is 5.71 Å². The first-order valence-corrected chi connectivity index (χ1v) is 5.65. The van der Waals surface area contributed by atoms with Crippen LogP contribution in [0.3, 0.4) is 0 Å². The second-order valence-corrected chi connectivity index (χ2v) is 4.47. The summed E-state index contributed by atoms with van der Waals surface area (Å²) in [5, 5.41) is 17.2. The minimum absolute atomic E-state index is 0.369. The third-order valence-electron chi connectivity index (χ3n) is 2.21. The molecule has 1 aliphatic rings. The summed E-state index contributed by atoms with van der Waals surface area (Å²) in [4.78, 5) is 4.82. The summed E-state index contributed by atoms with van der Waals surface area (Å²) in [5.74, 6) is 2.39. The molecule has 0 saturated heterocycles. The summed E-state index contributed by atoms with van der Waals surface area (Å²) in [5.41, 5.74) is 1.10. The average Bonchev–Trinajstić information content (AvgIpc) is 2.87. The second-order valence-electron chi connectivity index (χ2n) is 4.47. The normalized spacial score (nSPS) is 14.5. The first-order valence-electron chi connectivity index (χ1n) is 5.65. The van der Waals surface area contributed by atoms with E-state index in [2.05, 4.69) is 46.2 Å². The summed E-state index contributed by atoms with van der Waals surface area (Å²) in [7, 11) is 0. The van der Waals surface area contributed by atoms with E-state index in [1.54, 1.807) is 0 Å². The lowest BCUT2D eigenvalue weighted by Crippen LogP contribution is -2.02. The van der Waals surface area contributed by atoms with Gasteiger partial charge < -0.3 is 4.84 Å². The van der Waals surface area contributed by atoms with Crippen molar-refractivity contribution in [1.82, 2.24) is 20.6 Å². The van der Waals surface area contributed by atoms with E-state index in [1.807, 2.05) is 13.8 Å². The predicted octanol–water partition coefficient (Wildman–Crippen LogP) is 2.26. The van der Waals surface area contributed by atoms with Crippen LogP contribution in [-0.4, -0.2) is 26.3 Å². The van der Waals surface area contributed by atoms with Gasteiger partial charge >= 0.3 is 0 Å². The van der Waals surface area contributed by atoms with Crippen LogP contribution in [0.15, 0.2) is 17.5 Å². The number of aromatic nitrogens is 4. The molecule has 0 spiro atoms. The molecule has 0 saturated carbocycles. The maximum Gasteiger partial charge on any atom is 0.177 e. The molecule has 1 aliphatic heterocycles. The highest BCUT2D eigenvalue weighted by Crippen LogP contribution is 2.16. The number of oxime groups is 1. The van der Waals surface area contributed by atoms with Gasteiger partial charge in [0.2, 0.25) is 0 Å². The van der Waals surface area contributed by atoms with Gasteiger partial charge in [0.15, 0.2) is 5.82 Å². The number of aromatic amines is 1. The van der Waals surface area contributed by atoms with E-state index in [0.717, 1.165) is 23.7 Å². The van der Waals surface area contributed by atoms with Gasteiger partial charge in [-0.2, -0.15) is 5.21 Å². The van der Waals surface area contributed by atoms with Crippen molar-refractivity contribution in [2.24, 2.45) is 11.1 Å². The Morgan fingerprint density at radius 2 is 1.94 bits per heavy atom. The molecule has 1 N–H and O–H groups in total. The Hall–Kier alpha value is -1.72. The first kappa shape index (κ1) is 13.3. The quantitative estimate of drug-likeness (QED) is 0.855. The molecule has 0 fully saturated rings. The molecule has 0 aliphatic carbocycles. The summed E-state index contributed by atoms with van der Waals surface area (Å²) in [6.45, 7) is 11.9. The highest BCUT2D eigenvalue weighted by molar-refractivity contribution is 5.88. The fraction of sp³-hybridized carbons (Fsp3) is 0.636. The Labute approximate surface area is 101 Å². The second kappa shape index (κ2) is 6.12. The first-order chi connectivity index (χ1) is 8.00. The van der Waals surface area contributed by atoms with Crippen LogP contribution >= 0.6 is 0 Å². The SMILES string of the molecule is C=C1CC(C(C)C)=NO1.CC(C)c1nn[nH]n1. The van der Waals surface area contributed by atoms with Crippen LogP contribution in [0.2, 0.25) is 0 Å². The zero-order chi connectivity index (χ0) is 12.8. The molecule has 2 heterocycles. The Morgan fingerprint density at radius 1 is 1.24 bits per heavy atom. The molecule has 1 aromatic heterocycles. The lowest BCUT2D eigenvalue weighted by molar-refractivity contribution is 0.245.